The number of aliphatic carboxylic acids is 1. The van der Waals surface area contributed by atoms with Crippen LogP contribution in [0.25, 0.3) is 0 Å². The van der Waals surface area contributed by atoms with Crippen molar-refractivity contribution in [2.75, 3.05) is 6.54 Å². The molecule has 0 bridgehead atoms. The summed E-state index contributed by atoms with van der Waals surface area (Å²) in [5.41, 5.74) is 2.44. The molecule has 122 valence electrons. The summed E-state index contributed by atoms with van der Waals surface area (Å²) in [5.74, 6) is -0.377. The maximum absolute atomic E-state index is 10.8. The van der Waals surface area contributed by atoms with Crippen LogP contribution in [-0.2, 0) is 17.8 Å². The number of rotatable bonds is 9. The Morgan fingerprint density at radius 3 is 2.61 bits per heavy atom. The van der Waals surface area contributed by atoms with Crippen molar-refractivity contribution in [2.24, 2.45) is 0 Å². The Hall–Kier alpha value is -2.33. The van der Waals surface area contributed by atoms with Crippen molar-refractivity contribution in [3.05, 3.63) is 65.7 Å². The van der Waals surface area contributed by atoms with Crippen molar-refractivity contribution in [2.45, 2.75) is 32.4 Å². The highest BCUT2D eigenvalue weighted by Crippen LogP contribution is 2.15. The van der Waals surface area contributed by atoms with Crippen LogP contribution in [0.4, 0.5) is 0 Å². The first-order valence-electron chi connectivity index (χ1n) is 7.88. The summed E-state index contributed by atoms with van der Waals surface area (Å²) in [6.07, 6.45) is 1.30. The third-order valence-electron chi connectivity index (χ3n) is 3.55. The number of hydrogen-bond donors (Lipinski definition) is 2. The summed E-state index contributed by atoms with van der Waals surface area (Å²) in [4.78, 5) is 10.8. The molecule has 2 rings (SSSR count). The van der Waals surface area contributed by atoms with Gasteiger partial charge in [-0.3, -0.25) is 0 Å². The van der Waals surface area contributed by atoms with E-state index in [1.165, 1.54) is 12.5 Å². The Balaban J connectivity index is 1.72. The number of nitrogens with one attached hydrogen (secondary N) is 1. The third-order valence-corrected chi connectivity index (χ3v) is 3.55. The fourth-order valence-electron chi connectivity index (χ4n) is 2.28. The lowest BCUT2D eigenvalue weighted by Crippen LogP contribution is -2.23. The molecule has 0 spiro atoms. The molecule has 23 heavy (non-hydrogen) atoms. The summed E-state index contributed by atoms with van der Waals surface area (Å²) >= 11 is 0. The van der Waals surface area contributed by atoms with Crippen LogP contribution < -0.4 is 10.1 Å². The van der Waals surface area contributed by atoms with Crippen LogP contribution in [0.2, 0.25) is 0 Å². The van der Waals surface area contributed by atoms with Crippen LogP contribution in [0.1, 0.15) is 24.5 Å². The Labute approximate surface area is 137 Å². The van der Waals surface area contributed by atoms with E-state index in [0.29, 0.717) is 5.75 Å². The van der Waals surface area contributed by atoms with Gasteiger partial charge in [-0.2, -0.15) is 0 Å². The molecule has 0 amide bonds. The van der Waals surface area contributed by atoms with E-state index in [0.717, 1.165) is 31.5 Å². The van der Waals surface area contributed by atoms with E-state index in [-0.39, 0.29) is 0 Å². The third kappa shape index (κ3) is 6.12. The van der Waals surface area contributed by atoms with Crippen molar-refractivity contribution in [3.8, 4) is 5.75 Å². The molecule has 2 aromatic rings. The number of aryl methyl sites for hydroxylation is 1. The van der Waals surface area contributed by atoms with Crippen molar-refractivity contribution < 1.29 is 14.6 Å². The molecule has 0 aliphatic carbocycles. The number of hydrogen-bond acceptors (Lipinski definition) is 3. The summed E-state index contributed by atoms with van der Waals surface area (Å²) in [6.45, 7) is 3.20. The molecular formula is C19H23NO3. The predicted octanol–water partition coefficient (Wildman–Crippen LogP) is 3.26. The fraction of sp³-hybridized carbons (Fsp3) is 0.316. The van der Waals surface area contributed by atoms with Crippen molar-refractivity contribution >= 4 is 5.97 Å². The molecule has 0 saturated carbocycles. The molecule has 0 saturated heterocycles. The van der Waals surface area contributed by atoms with Gasteiger partial charge in [0, 0.05) is 6.54 Å². The highest BCUT2D eigenvalue weighted by Gasteiger charge is 2.12. The zero-order valence-electron chi connectivity index (χ0n) is 13.4. The number of carbonyl (C=O) groups is 1. The second kappa shape index (κ2) is 8.96. The number of carboxylic acid groups (broad SMARTS) is 1. The van der Waals surface area contributed by atoms with Gasteiger partial charge in [0.15, 0.2) is 6.10 Å². The standard InChI is InChI=1S/C19H23NO3/c1-15(19(21)22)23-18-11-5-9-17(13-18)14-20-12-6-10-16-7-3-2-4-8-16/h2-5,7-9,11,13,15,20H,6,10,12,14H2,1H3,(H,21,22). The Morgan fingerprint density at radius 1 is 1.13 bits per heavy atom. The monoisotopic (exact) mass is 313 g/mol. The quantitative estimate of drug-likeness (QED) is 0.698. The van der Waals surface area contributed by atoms with Gasteiger partial charge in [0.25, 0.3) is 0 Å². The first-order valence-corrected chi connectivity index (χ1v) is 7.88. The van der Waals surface area contributed by atoms with E-state index in [9.17, 15) is 4.79 Å². The smallest absolute Gasteiger partial charge is 0.344 e. The summed E-state index contributed by atoms with van der Waals surface area (Å²) < 4.78 is 5.37. The topological polar surface area (TPSA) is 58.6 Å². The molecule has 2 N–H and O–H groups in total. The lowest BCUT2D eigenvalue weighted by Gasteiger charge is -2.12. The zero-order valence-corrected chi connectivity index (χ0v) is 13.4. The number of carboxylic acids is 1. The molecular weight excluding hydrogens is 290 g/mol. The maximum Gasteiger partial charge on any atom is 0.344 e. The van der Waals surface area contributed by atoms with E-state index >= 15 is 0 Å². The lowest BCUT2D eigenvalue weighted by atomic mass is 10.1. The Bertz CT molecular complexity index is 613. The maximum atomic E-state index is 10.8. The van der Waals surface area contributed by atoms with Crippen molar-refractivity contribution in [1.82, 2.24) is 5.32 Å². The molecule has 4 heteroatoms. The average molecular weight is 313 g/mol. The Kier molecular flexibility index (Phi) is 6.63. The van der Waals surface area contributed by atoms with Gasteiger partial charge >= 0.3 is 5.97 Å². The highest BCUT2D eigenvalue weighted by atomic mass is 16.5. The van der Waals surface area contributed by atoms with E-state index in [1.54, 1.807) is 6.07 Å². The SMILES string of the molecule is CC(Oc1cccc(CNCCCc2ccccc2)c1)C(=O)O. The van der Waals surface area contributed by atoms with Gasteiger partial charge in [-0.1, -0.05) is 42.5 Å². The van der Waals surface area contributed by atoms with Crippen LogP contribution in [0, 0.1) is 0 Å². The van der Waals surface area contributed by atoms with Crippen LogP contribution in [0.5, 0.6) is 5.75 Å². The summed E-state index contributed by atoms with van der Waals surface area (Å²) in [7, 11) is 0. The minimum Gasteiger partial charge on any atom is -0.479 e. The van der Waals surface area contributed by atoms with Gasteiger partial charge in [-0.05, 0) is 49.6 Å². The highest BCUT2D eigenvalue weighted by molar-refractivity contribution is 5.72. The average Bonchev–Trinajstić information content (AvgIpc) is 2.56. The second-order valence-electron chi connectivity index (χ2n) is 5.51. The van der Waals surface area contributed by atoms with Crippen LogP contribution in [0.3, 0.4) is 0 Å². The van der Waals surface area contributed by atoms with Crippen LogP contribution in [-0.4, -0.2) is 23.7 Å². The molecule has 1 unspecified atom stereocenters. The molecule has 0 heterocycles. The minimum absolute atomic E-state index is 0.587. The van der Waals surface area contributed by atoms with E-state index in [4.69, 9.17) is 9.84 Å². The fourth-order valence-corrected chi connectivity index (χ4v) is 2.28. The molecule has 0 fully saturated rings. The molecule has 0 radical (unpaired) electrons. The first kappa shape index (κ1) is 17.0. The number of benzene rings is 2. The van der Waals surface area contributed by atoms with E-state index < -0.39 is 12.1 Å². The predicted molar refractivity (Wildman–Crippen MR) is 90.6 cm³/mol. The molecule has 0 aliphatic rings. The summed E-state index contributed by atoms with van der Waals surface area (Å²) in [5, 5.41) is 12.3. The number of ether oxygens (including phenoxy) is 1. The first-order chi connectivity index (χ1) is 11.1. The van der Waals surface area contributed by atoms with Crippen molar-refractivity contribution in [3.63, 3.8) is 0 Å². The molecule has 0 aliphatic heterocycles. The van der Waals surface area contributed by atoms with Crippen molar-refractivity contribution in [1.29, 1.82) is 0 Å². The molecule has 4 nitrogen and oxygen atoms in total. The van der Waals surface area contributed by atoms with Gasteiger partial charge in [0.2, 0.25) is 0 Å². The zero-order chi connectivity index (χ0) is 16.5. The van der Waals surface area contributed by atoms with Gasteiger partial charge in [-0.15, -0.1) is 0 Å². The largest absolute Gasteiger partial charge is 0.479 e. The van der Waals surface area contributed by atoms with Gasteiger partial charge in [0.1, 0.15) is 5.75 Å². The van der Waals surface area contributed by atoms with Crippen LogP contribution >= 0.6 is 0 Å². The Morgan fingerprint density at radius 2 is 1.87 bits per heavy atom. The van der Waals surface area contributed by atoms with E-state index in [1.807, 2.05) is 24.3 Å². The normalized spacial score (nSPS) is 11.9. The minimum atomic E-state index is -0.963. The molecule has 1 atom stereocenters. The van der Waals surface area contributed by atoms with Gasteiger partial charge in [-0.25, -0.2) is 4.79 Å². The van der Waals surface area contributed by atoms with Gasteiger partial charge < -0.3 is 15.2 Å². The molecule has 2 aromatic carbocycles. The summed E-state index contributed by atoms with van der Waals surface area (Å²) in [6, 6.07) is 18.0. The van der Waals surface area contributed by atoms with Gasteiger partial charge in [0.05, 0.1) is 0 Å². The molecule has 0 aromatic heterocycles. The van der Waals surface area contributed by atoms with Crippen LogP contribution in [0.15, 0.2) is 54.6 Å². The second-order valence-corrected chi connectivity index (χ2v) is 5.51. The lowest BCUT2D eigenvalue weighted by molar-refractivity contribution is -0.144. The van der Waals surface area contributed by atoms with E-state index in [2.05, 4.69) is 29.6 Å².